The van der Waals surface area contributed by atoms with Crippen LogP contribution in [0.1, 0.15) is 17.6 Å². The van der Waals surface area contributed by atoms with Crippen LogP contribution in [-0.4, -0.2) is 26.8 Å². The Morgan fingerprint density at radius 2 is 2.33 bits per heavy atom. The van der Waals surface area contributed by atoms with E-state index in [1.807, 2.05) is 0 Å². The first kappa shape index (κ1) is 9.78. The molecule has 0 aliphatic rings. The van der Waals surface area contributed by atoms with Gasteiger partial charge in [-0.1, -0.05) is 10.3 Å². The quantitative estimate of drug-likeness (QED) is 0.698. The molecule has 0 aliphatic carbocycles. The van der Waals surface area contributed by atoms with Gasteiger partial charge in [0.2, 0.25) is 11.8 Å². The summed E-state index contributed by atoms with van der Waals surface area (Å²) < 4.78 is 9.66. The highest BCUT2D eigenvalue weighted by Gasteiger charge is 2.02. The average Bonchev–Trinajstić information content (AvgIpc) is 2.84. The molecule has 2 rings (SSSR count). The minimum atomic E-state index is 0.573. The molecule has 0 bridgehead atoms. The standard InChI is InChI=1S/C8H11N5O2/c1-6-12-7(13-14-6)4-9-3-2-8-10-5-11-15-8/h5,9H,2-4H2,1H3. The molecule has 7 heteroatoms. The fourth-order valence-corrected chi connectivity index (χ4v) is 1.11. The summed E-state index contributed by atoms with van der Waals surface area (Å²) in [5.41, 5.74) is 0. The molecule has 0 radical (unpaired) electrons. The number of aryl methyl sites for hydroxylation is 1. The largest absolute Gasteiger partial charge is 0.340 e. The van der Waals surface area contributed by atoms with Gasteiger partial charge in [0.15, 0.2) is 12.2 Å². The predicted molar refractivity (Wildman–Crippen MR) is 48.7 cm³/mol. The van der Waals surface area contributed by atoms with Gasteiger partial charge in [-0.05, 0) is 0 Å². The molecule has 0 aliphatic heterocycles. The summed E-state index contributed by atoms with van der Waals surface area (Å²) in [6, 6.07) is 0. The summed E-state index contributed by atoms with van der Waals surface area (Å²) >= 11 is 0. The summed E-state index contributed by atoms with van der Waals surface area (Å²) in [5, 5.41) is 10.4. The first-order valence-corrected chi connectivity index (χ1v) is 4.60. The van der Waals surface area contributed by atoms with Gasteiger partial charge in [0.1, 0.15) is 0 Å². The molecule has 0 spiro atoms. The van der Waals surface area contributed by atoms with Gasteiger partial charge in [-0.25, -0.2) is 0 Å². The van der Waals surface area contributed by atoms with Crippen molar-refractivity contribution in [2.45, 2.75) is 19.9 Å². The van der Waals surface area contributed by atoms with Crippen molar-refractivity contribution >= 4 is 0 Å². The first-order chi connectivity index (χ1) is 7.34. The van der Waals surface area contributed by atoms with E-state index in [1.54, 1.807) is 6.92 Å². The molecule has 0 fully saturated rings. The van der Waals surface area contributed by atoms with Crippen molar-refractivity contribution in [1.29, 1.82) is 0 Å². The molecule has 0 saturated heterocycles. The second kappa shape index (κ2) is 4.65. The van der Waals surface area contributed by atoms with Crippen LogP contribution in [0, 0.1) is 6.92 Å². The lowest BCUT2D eigenvalue weighted by molar-refractivity contribution is 0.372. The Morgan fingerprint density at radius 1 is 1.40 bits per heavy atom. The van der Waals surface area contributed by atoms with Gasteiger partial charge < -0.3 is 14.4 Å². The van der Waals surface area contributed by atoms with Crippen molar-refractivity contribution in [2.75, 3.05) is 6.54 Å². The zero-order chi connectivity index (χ0) is 10.5. The summed E-state index contributed by atoms with van der Waals surface area (Å²) in [6.07, 6.45) is 2.08. The van der Waals surface area contributed by atoms with Gasteiger partial charge >= 0.3 is 0 Å². The van der Waals surface area contributed by atoms with Crippen LogP contribution >= 0.6 is 0 Å². The van der Waals surface area contributed by atoms with Gasteiger partial charge in [0.05, 0.1) is 6.54 Å². The van der Waals surface area contributed by atoms with Crippen molar-refractivity contribution in [3.8, 4) is 0 Å². The molecule has 0 aromatic carbocycles. The van der Waals surface area contributed by atoms with Crippen molar-refractivity contribution < 1.29 is 9.05 Å². The topological polar surface area (TPSA) is 89.9 Å². The molecule has 2 aromatic heterocycles. The summed E-state index contributed by atoms with van der Waals surface area (Å²) in [5.74, 6) is 1.84. The zero-order valence-electron chi connectivity index (χ0n) is 8.30. The third-order valence-corrected chi connectivity index (χ3v) is 1.78. The van der Waals surface area contributed by atoms with Crippen LogP contribution in [-0.2, 0) is 13.0 Å². The van der Waals surface area contributed by atoms with Gasteiger partial charge in [0, 0.05) is 19.9 Å². The highest BCUT2D eigenvalue weighted by Crippen LogP contribution is 1.94. The molecule has 0 unspecified atom stereocenters. The molecule has 0 amide bonds. The lowest BCUT2D eigenvalue weighted by atomic mass is 10.4. The highest BCUT2D eigenvalue weighted by atomic mass is 16.5. The van der Waals surface area contributed by atoms with Gasteiger partial charge in [-0.2, -0.15) is 9.97 Å². The van der Waals surface area contributed by atoms with Gasteiger partial charge in [-0.3, -0.25) is 0 Å². The molecular formula is C8H11N5O2. The van der Waals surface area contributed by atoms with Crippen LogP contribution in [0.15, 0.2) is 15.4 Å². The van der Waals surface area contributed by atoms with E-state index in [0.717, 1.165) is 6.54 Å². The second-order valence-corrected chi connectivity index (χ2v) is 2.99. The Bertz CT molecular complexity index is 397. The first-order valence-electron chi connectivity index (χ1n) is 4.60. The van der Waals surface area contributed by atoms with E-state index in [0.29, 0.717) is 30.6 Å². The van der Waals surface area contributed by atoms with Crippen LogP contribution < -0.4 is 5.32 Å². The molecule has 2 aromatic rings. The lowest BCUT2D eigenvalue weighted by Gasteiger charge is -1.97. The summed E-state index contributed by atoms with van der Waals surface area (Å²) in [6.45, 7) is 3.07. The van der Waals surface area contributed by atoms with Crippen LogP contribution in [0.3, 0.4) is 0 Å². The lowest BCUT2D eigenvalue weighted by Crippen LogP contribution is -2.17. The minimum absolute atomic E-state index is 0.573. The van der Waals surface area contributed by atoms with E-state index in [2.05, 4.69) is 25.6 Å². The SMILES string of the molecule is Cc1nc(CNCCc2ncno2)no1. The van der Waals surface area contributed by atoms with Crippen LogP contribution in [0.5, 0.6) is 0 Å². The maximum absolute atomic E-state index is 4.84. The molecular weight excluding hydrogens is 198 g/mol. The molecule has 0 atom stereocenters. The molecule has 2 heterocycles. The van der Waals surface area contributed by atoms with Crippen molar-refractivity contribution in [3.05, 3.63) is 23.9 Å². The fourth-order valence-electron chi connectivity index (χ4n) is 1.11. The average molecular weight is 209 g/mol. The maximum Gasteiger partial charge on any atom is 0.227 e. The van der Waals surface area contributed by atoms with Crippen molar-refractivity contribution in [3.63, 3.8) is 0 Å². The third kappa shape index (κ3) is 2.84. The highest BCUT2D eigenvalue weighted by molar-refractivity contribution is 4.83. The number of hydrogen-bond acceptors (Lipinski definition) is 7. The summed E-state index contributed by atoms with van der Waals surface area (Å²) in [7, 11) is 0. The van der Waals surface area contributed by atoms with Crippen molar-refractivity contribution in [1.82, 2.24) is 25.6 Å². The number of rotatable bonds is 5. The van der Waals surface area contributed by atoms with Gasteiger partial charge in [0.25, 0.3) is 0 Å². The maximum atomic E-state index is 4.84. The second-order valence-electron chi connectivity index (χ2n) is 2.99. The number of aromatic nitrogens is 4. The Kier molecular flexibility index (Phi) is 3.03. The zero-order valence-corrected chi connectivity index (χ0v) is 8.30. The van der Waals surface area contributed by atoms with E-state index >= 15 is 0 Å². The molecule has 15 heavy (non-hydrogen) atoms. The predicted octanol–water partition coefficient (Wildman–Crippen LogP) is 0.0933. The van der Waals surface area contributed by atoms with Crippen LogP contribution in [0.4, 0.5) is 0 Å². The molecule has 80 valence electrons. The van der Waals surface area contributed by atoms with E-state index < -0.39 is 0 Å². The fraction of sp³-hybridized carbons (Fsp3) is 0.500. The van der Waals surface area contributed by atoms with E-state index in [1.165, 1.54) is 6.33 Å². The van der Waals surface area contributed by atoms with E-state index in [9.17, 15) is 0 Å². The minimum Gasteiger partial charge on any atom is -0.340 e. The van der Waals surface area contributed by atoms with E-state index in [4.69, 9.17) is 9.05 Å². The number of hydrogen-bond donors (Lipinski definition) is 1. The van der Waals surface area contributed by atoms with Crippen LogP contribution in [0.2, 0.25) is 0 Å². The Balaban J connectivity index is 1.67. The summed E-state index contributed by atoms with van der Waals surface area (Å²) in [4.78, 5) is 7.95. The normalized spacial score (nSPS) is 10.7. The number of nitrogens with zero attached hydrogens (tertiary/aromatic N) is 4. The van der Waals surface area contributed by atoms with Crippen LogP contribution in [0.25, 0.3) is 0 Å². The molecule has 7 nitrogen and oxygen atoms in total. The van der Waals surface area contributed by atoms with Gasteiger partial charge in [-0.15, -0.1) is 0 Å². The molecule has 0 saturated carbocycles. The monoisotopic (exact) mass is 209 g/mol. The smallest absolute Gasteiger partial charge is 0.227 e. The third-order valence-electron chi connectivity index (χ3n) is 1.78. The van der Waals surface area contributed by atoms with Crippen molar-refractivity contribution in [2.24, 2.45) is 0 Å². The van der Waals surface area contributed by atoms with E-state index in [-0.39, 0.29) is 0 Å². The Labute approximate surface area is 85.9 Å². The Hall–Kier alpha value is -1.76. The molecule has 1 N–H and O–H groups in total. The Morgan fingerprint density at radius 3 is 3.00 bits per heavy atom. The number of nitrogens with one attached hydrogen (secondary N) is 1.